The molecule has 1 aliphatic carbocycles. The lowest BCUT2D eigenvalue weighted by molar-refractivity contribution is 0.102. The number of carbonyl (C=O) groups excluding carboxylic acids is 2. The van der Waals surface area contributed by atoms with Gasteiger partial charge in [-0.2, -0.15) is 0 Å². The summed E-state index contributed by atoms with van der Waals surface area (Å²) < 4.78 is 0. The van der Waals surface area contributed by atoms with Gasteiger partial charge in [0.25, 0.3) is 5.91 Å². The van der Waals surface area contributed by atoms with Crippen LogP contribution in [0, 0.1) is 11.3 Å². The maximum atomic E-state index is 13.3. The van der Waals surface area contributed by atoms with E-state index in [0.717, 1.165) is 40.7 Å². The Labute approximate surface area is 240 Å². The Morgan fingerprint density at radius 3 is 2.55 bits per heavy atom. The fourth-order valence-electron chi connectivity index (χ4n) is 5.28. The van der Waals surface area contributed by atoms with Crippen LogP contribution >= 0.6 is 11.3 Å². The molecule has 2 aromatic carbocycles. The number of ketones is 1. The van der Waals surface area contributed by atoms with Gasteiger partial charge in [0.15, 0.2) is 5.78 Å². The maximum absolute atomic E-state index is 13.3. The van der Waals surface area contributed by atoms with Crippen LogP contribution in [0.5, 0.6) is 0 Å². The number of hydrogen-bond acceptors (Lipinski definition) is 5. The van der Waals surface area contributed by atoms with Crippen molar-refractivity contribution in [1.29, 1.82) is 0 Å². The lowest BCUT2D eigenvalue weighted by Crippen LogP contribution is -2.27. The Kier molecular flexibility index (Phi) is 7.65. The summed E-state index contributed by atoms with van der Waals surface area (Å²) in [6.07, 6.45) is 6.44. The predicted octanol–water partition coefficient (Wildman–Crippen LogP) is 8.30. The molecule has 2 heterocycles. The molecule has 0 radical (unpaired) electrons. The minimum Gasteiger partial charge on any atom is -0.397 e. The van der Waals surface area contributed by atoms with Gasteiger partial charge in [0.1, 0.15) is 9.71 Å². The summed E-state index contributed by atoms with van der Waals surface area (Å²) in [4.78, 5) is 32.3. The number of nitrogens with one attached hydrogen (secondary N) is 1. The smallest absolute Gasteiger partial charge is 0.267 e. The first-order chi connectivity index (χ1) is 19.0. The maximum Gasteiger partial charge on any atom is 0.267 e. The van der Waals surface area contributed by atoms with Gasteiger partial charge in [-0.1, -0.05) is 77.1 Å². The first-order valence-electron chi connectivity index (χ1n) is 13.9. The van der Waals surface area contributed by atoms with Gasteiger partial charge in [0.05, 0.1) is 5.69 Å². The molecule has 4 aromatic rings. The van der Waals surface area contributed by atoms with E-state index >= 15 is 0 Å². The molecule has 0 aliphatic heterocycles. The zero-order valence-corrected chi connectivity index (χ0v) is 24.7. The SMILES string of the molecule is CC(C)c1ccc(/C=C/C(=O)c2cccc(NC(=O)c3sc4nc5c(cc4c3N)CC[C@@H](C(C)(C)C)C5)c2)cc1. The third kappa shape index (κ3) is 5.87. The molecule has 6 heteroatoms. The zero-order chi connectivity index (χ0) is 28.6. The molecule has 0 spiro atoms. The monoisotopic (exact) mass is 551 g/mol. The number of fused-ring (bicyclic) bond motifs is 2. The number of thiophene rings is 1. The van der Waals surface area contributed by atoms with E-state index in [1.165, 1.54) is 22.5 Å². The Hall–Kier alpha value is -3.77. The number of nitrogens with two attached hydrogens (primary N) is 1. The van der Waals surface area contributed by atoms with Gasteiger partial charge < -0.3 is 11.1 Å². The molecule has 3 N–H and O–H groups in total. The number of hydrogen-bond donors (Lipinski definition) is 2. The average Bonchev–Trinajstić information content (AvgIpc) is 3.25. The summed E-state index contributed by atoms with van der Waals surface area (Å²) in [5, 5.41) is 3.78. The second-order valence-electron chi connectivity index (χ2n) is 12.2. The van der Waals surface area contributed by atoms with Crippen LogP contribution in [0.25, 0.3) is 16.3 Å². The molecule has 206 valence electrons. The lowest BCUT2D eigenvalue weighted by Gasteiger charge is -2.34. The molecule has 5 nitrogen and oxygen atoms in total. The highest BCUT2D eigenvalue weighted by Crippen LogP contribution is 2.40. The van der Waals surface area contributed by atoms with Crippen molar-refractivity contribution in [3.05, 3.63) is 93.5 Å². The van der Waals surface area contributed by atoms with Crippen molar-refractivity contribution in [1.82, 2.24) is 4.98 Å². The quantitative estimate of drug-likeness (QED) is 0.186. The van der Waals surface area contributed by atoms with Crippen molar-refractivity contribution in [2.24, 2.45) is 11.3 Å². The number of pyridine rings is 1. The number of amides is 1. The highest BCUT2D eigenvalue weighted by molar-refractivity contribution is 7.21. The van der Waals surface area contributed by atoms with Gasteiger partial charge >= 0.3 is 0 Å². The first kappa shape index (κ1) is 27.8. The highest BCUT2D eigenvalue weighted by Gasteiger charge is 2.30. The number of rotatable bonds is 6. The number of benzene rings is 2. The standard InChI is InChI=1S/C34H37N3O2S/c1-20(2)22-12-9-21(10-13-22)11-16-29(38)24-7-6-8-26(17-24)36-32(39)31-30(35)27-18-23-14-15-25(34(3,4)5)19-28(23)37-33(27)40-31/h6-13,16-18,20,25H,14-15,19,35H2,1-5H3,(H,36,39)/b16-11+/t25-/m1/s1. The van der Waals surface area contributed by atoms with E-state index in [4.69, 9.17) is 10.7 Å². The topological polar surface area (TPSA) is 85.1 Å². The van der Waals surface area contributed by atoms with E-state index in [0.29, 0.717) is 33.7 Å². The number of aryl methyl sites for hydroxylation is 1. The first-order valence-corrected chi connectivity index (χ1v) is 14.8. The molecule has 0 bridgehead atoms. The van der Waals surface area contributed by atoms with Crippen LogP contribution in [0.15, 0.2) is 60.7 Å². The van der Waals surface area contributed by atoms with Crippen LogP contribution in [-0.2, 0) is 12.8 Å². The van der Waals surface area contributed by atoms with Crippen LogP contribution in [0.4, 0.5) is 11.4 Å². The van der Waals surface area contributed by atoms with Crippen molar-refractivity contribution in [3.63, 3.8) is 0 Å². The number of allylic oxidation sites excluding steroid dienone is 1. The molecule has 1 atom stereocenters. The van der Waals surface area contributed by atoms with E-state index in [2.05, 4.69) is 58.1 Å². The van der Waals surface area contributed by atoms with Crippen molar-refractivity contribution < 1.29 is 9.59 Å². The molecule has 1 aliphatic rings. The number of nitrogen functional groups attached to an aromatic ring is 1. The van der Waals surface area contributed by atoms with E-state index in [9.17, 15) is 9.59 Å². The van der Waals surface area contributed by atoms with Gasteiger partial charge in [-0.3, -0.25) is 9.59 Å². The molecule has 40 heavy (non-hydrogen) atoms. The Morgan fingerprint density at radius 2 is 1.85 bits per heavy atom. The predicted molar refractivity (Wildman–Crippen MR) is 167 cm³/mol. The van der Waals surface area contributed by atoms with Crippen molar-refractivity contribution in [3.8, 4) is 0 Å². The third-order valence-corrected chi connectivity index (χ3v) is 9.07. The van der Waals surface area contributed by atoms with E-state index in [-0.39, 0.29) is 17.1 Å². The largest absolute Gasteiger partial charge is 0.397 e. The van der Waals surface area contributed by atoms with E-state index in [1.807, 2.05) is 18.2 Å². The summed E-state index contributed by atoms with van der Waals surface area (Å²) in [5.74, 6) is 0.619. The van der Waals surface area contributed by atoms with Crippen molar-refractivity contribution >= 4 is 50.7 Å². The molecule has 0 unspecified atom stereocenters. The summed E-state index contributed by atoms with van der Waals surface area (Å²) >= 11 is 1.33. The molecular formula is C34H37N3O2S. The van der Waals surface area contributed by atoms with Crippen molar-refractivity contribution in [2.45, 2.75) is 59.8 Å². The molecule has 1 amide bonds. The van der Waals surface area contributed by atoms with Crippen molar-refractivity contribution in [2.75, 3.05) is 11.1 Å². The Balaban J connectivity index is 1.31. The molecule has 2 aromatic heterocycles. The summed E-state index contributed by atoms with van der Waals surface area (Å²) in [5.41, 5.74) is 12.8. The normalized spacial score (nSPS) is 15.5. The van der Waals surface area contributed by atoms with Crippen LogP contribution < -0.4 is 11.1 Å². The number of nitrogens with zero attached hydrogens (tertiary/aromatic N) is 1. The molecule has 0 fully saturated rings. The second-order valence-corrected chi connectivity index (χ2v) is 13.2. The minimum atomic E-state index is -0.295. The van der Waals surface area contributed by atoms with Gasteiger partial charge in [-0.15, -0.1) is 11.3 Å². The summed E-state index contributed by atoms with van der Waals surface area (Å²) in [6.45, 7) is 11.2. The van der Waals surface area contributed by atoms with Gasteiger partial charge in [-0.25, -0.2) is 4.98 Å². The summed E-state index contributed by atoms with van der Waals surface area (Å²) in [7, 11) is 0. The minimum absolute atomic E-state index is 0.131. The number of aromatic nitrogens is 1. The molecular weight excluding hydrogens is 514 g/mol. The van der Waals surface area contributed by atoms with Crippen LogP contribution in [-0.4, -0.2) is 16.7 Å². The lowest BCUT2D eigenvalue weighted by atomic mass is 9.72. The number of anilines is 2. The molecule has 5 rings (SSSR count). The van der Waals surface area contributed by atoms with Gasteiger partial charge in [-0.05, 0) is 77.5 Å². The van der Waals surface area contributed by atoms with E-state index in [1.54, 1.807) is 30.3 Å². The van der Waals surface area contributed by atoms with E-state index < -0.39 is 0 Å². The van der Waals surface area contributed by atoms with Crippen LogP contribution in [0.3, 0.4) is 0 Å². The van der Waals surface area contributed by atoms with Gasteiger partial charge in [0, 0.05) is 22.3 Å². The Morgan fingerprint density at radius 1 is 1.10 bits per heavy atom. The van der Waals surface area contributed by atoms with Crippen LogP contribution in [0.1, 0.15) is 89.4 Å². The second kappa shape index (κ2) is 11.0. The fourth-order valence-corrected chi connectivity index (χ4v) is 6.27. The Bertz CT molecular complexity index is 1610. The van der Waals surface area contributed by atoms with Gasteiger partial charge in [0.2, 0.25) is 0 Å². The zero-order valence-electron chi connectivity index (χ0n) is 23.9. The average molecular weight is 552 g/mol. The van der Waals surface area contributed by atoms with Crippen LogP contribution in [0.2, 0.25) is 0 Å². The molecule has 0 saturated carbocycles. The highest BCUT2D eigenvalue weighted by atomic mass is 32.1. The number of carbonyl (C=O) groups is 2. The fraction of sp³-hybridized carbons (Fsp3) is 0.324. The third-order valence-electron chi connectivity index (χ3n) is 7.96. The summed E-state index contributed by atoms with van der Waals surface area (Å²) in [6, 6.07) is 17.3. The molecule has 0 saturated heterocycles.